The van der Waals surface area contributed by atoms with Crippen LogP contribution in [0.25, 0.3) is 0 Å². The van der Waals surface area contributed by atoms with E-state index < -0.39 is 5.91 Å². The van der Waals surface area contributed by atoms with E-state index in [0.717, 1.165) is 0 Å². The molecular weight excluding hydrogens is 146 g/mol. The minimum atomic E-state index is -0.505. The number of hydrogen-bond acceptors (Lipinski definition) is 2. The average Bonchev–Trinajstić information content (AvgIpc) is 1.85. The molecule has 60 valence electrons. The first-order chi connectivity index (χ1) is 5.11. The summed E-state index contributed by atoms with van der Waals surface area (Å²) in [6.07, 6.45) is 0. The Bertz CT molecular complexity index is 244. The molecule has 0 unspecified atom stereocenters. The Labute approximate surface area is 63.6 Å². The molecule has 5 heteroatoms. The fourth-order valence-corrected chi connectivity index (χ4v) is 0.863. The quantitative estimate of drug-likeness (QED) is 0.456. The topological polar surface area (TPSA) is 84.2 Å². The van der Waals surface area contributed by atoms with Gasteiger partial charge in [0.2, 0.25) is 5.91 Å². The highest BCUT2D eigenvalue weighted by atomic mass is 16.2. The second-order valence-electron chi connectivity index (χ2n) is 2.28. The van der Waals surface area contributed by atoms with Crippen molar-refractivity contribution in [1.82, 2.24) is 10.6 Å². The zero-order chi connectivity index (χ0) is 8.43. The smallest absolute Gasteiger partial charge is 0.319 e. The highest BCUT2D eigenvalue weighted by Gasteiger charge is 2.16. The lowest BCUT2D eigenvalue weighted by atomic mass is 10.2. The molecule has 0 radical (unpaired) electrons. The van der Waals surface area contributed by atoms with E-state index in [-0.39, 0.29) is 12.6 Å². The Hall–Kier alpha value is -1.52. The summed E-state index contributed by atoms with van der Waals surface area (Å²) < 4.78 is 0. The van der Waals surface area contributed by atoms with Crippen molar-refractivity contribution in [3.63, 3.8) is 0 Å². The van der Waals surface area contributed by atoms with Crippen LogP contribution in [-0.2, 0) is 4.79 Å². The van der Waals surface area contributed by atoms with Crippen molar-refractivity contribution < 1.29 is 9.59 Å². The molecule has 11 heavy (non-hydrogen) atoms. The number of allylic oxidation sites excluding steroid dienone is 1. The number of urea groups is 1. The monoisotopic (exact) mass is 155 g/mol. The van der Waals surface area contributed by atoms with Crippen LogP contribution in [0.5, 0.6) is 0 Å². The third-order valence-electron chi connectivity index (χ3n) is 1.48. The highest BCUT2D eigenvalue weighted by molar-refractivity contribution is 5.96. The maximum absolute atomic E-state index is 10.6. The van der Waals surface area contributed by atoms with Crippen molar-refractivity contribution in [1.29, 1.82) is 0 Å². The molecule has 4 N–H and O–H groups in total. The summed E-state index contributed by atoms with van der Waals surface area (Å²) in [5.74, 6) is -0.505. The molecule has 1 rings (SSSR count). The van der Waals surface area contributed by atoms with Gasteiger partial charge >= 0.3 is 6.03 Å². The van der Waals surface area contributed by atoms with Gasteiger partial charge in [0.05, 0.1) is 12.1 Å². The van der Waals surface area contributed by atoms with Crippen LogP contribution in [0.1, 0.15) is 6.92 Å². The van der Waals surface area contributed by atoms with Crippen LogP contribution in [0, 0.1) is 0 Å². The first-order valence-corrected chi connectivity index (χ1v) is 3.15. The van der Waals surface area contributed by atoms with E-state index in [9.17, 15) is 9.59 Å². The van der Waals surface area contributed by atoms with Gasteiger partial charge in [-0.25, -0.2) is 4.79 Å². The van der Waals surface area contributed by atoms with E-state index in [1.54, 1.807) is 6.92 Å². The highest BCUT2D eigenvalue weighted by Crippen LogP contribution is 2.02. The van der Waals surface area contributed by atoms with E-state index in [2.05, 4.69) is 10.6 Å². The van der Waals surface area contributed by atoms with Crippen LogP contribution >= 0.6 is 0 Å². The molecule has 0 aromatic heterocycles. The predicted octanol–water partition coefficient (Wildman–Crippen LogP) is -0.941. The SMILES string of the molecule is CC1=C(C(N)=O)CNC(=O)N1. The fraction of sp³-hybridized carbons (Fsp3) is 0.333. The normalized spacial score (nSPS) is 17.4. The van der Waals surface area contributed by atoms with Gasteiger partial charge in [0.1, 0.15) is 0 Å². The lowest BCUT2D eigenvalue weighted by molar-refractivity contribution is -0.114. The van der Waals surface area contributed by atoms with Crippen molar-refractivity contribution in [3.05, 3.63) is 11.3 Å². The molecule has 1 aliphatic heterocycles. The number of nitrogens with two attached hydrogens (primary N) is 1. The van der Waals surface area contributed by atoms with Crippen LogP contribution < -0.4 is 16.4 Å². The van der Waals surface area contributed by atoms with E-state index in [1.165, 1.54) is 0 Å². The maximum Gasteiger partial charge on any atom is 0.319 e. The molecule has 0 bridgehead atoms. The minimum absolute atomic E-state index is 0.215. The predicted molar refractivity (Wildman–Crippen MR) is 38.4 cm³/mol. The second kappa shape index (κ2) is 2.61. The van der Waals surface area contributed by atoms with Crippen molar-refractivity contribution >= 4 is 11.9 Å². The average molecular weight is 155 g/mol. The van der Waals surface area contributed by atoms with Crippen molar-refractivity contribution in [2.75, 3.05) is 6.54 Å². The molecule has 0 aromatic carbocycles. The summed E-state index contributed by atoms with van der Waals surface area (Å²) in [5.41, 5.74) is 5.96. The van der Waals surface area contributed by atoms with E-state index in [4.69, 9.17) is 5.73 Å². The van der Waals surface area contributed by atoms with Gasteiger partial charge in [-0.1, -0.05) is 0 Å². The van der Waals surface area contributed by atoms with Gasteiger partial charge in [-0.3, -0.25) is 4.79 Å². The van der Waals surface area contributed by atoms with Crippen molar-refractivity contribution in [2.45, 2.75) is 6.92 Å². The van der Waals surface area contributed by atoms with Gasteiger partial charge in [0.25, 0.3) is 0 Å². The zero-order valence-corrected chi connectivity index (χ0v) is 6.10. The number of primary amides is 1. The van der Waals surface area contributed by atoms with Gasteiger partial charge in [-0.15, -0.1) is 0 Å². The summed E-state index contributed by atoms with van der Waals surface area (Å²) >= 11 is 0. The van der Waals surface area contributed by atoms with Crippen LogP contribution in [0.2, 0.25) is 0 Å². The number of amides is 3. The molecule has 5 nitrogen and oxygen atoms in total. The Morgan fingerprint density at radius 1 is 1.64 bits per heavy atom. The number of nitrogens with one attached hydrogen (secondary N) is 2. The summed E-state index contributed by atoms with van der Waals surface area (Å²) in [5, 5.41) is 4.87. The van der Waals surface area contributed by atoms with Gasteiger partial charge in [-0.2, -0.15) is 0 Å². The van der Waals surface area contributed by atoms with E-state index in [0.29, 0.717) is 11.3 Å². The third-order valence-corrected chi connectivity index (χ3v) is 1.48. The molecule has 0 saturated heterocycles. The summed E-state index contributed by atoms with van der Waals surface area (Å²) in [6.45, 7) is 1.85. The number of carbonyl (C=O) groups is 2. The van der Waals surface area contributed by atoms with E-state index >= 15 is 0 Å². The van der Waals surface area contributed by atoms with Crippen LogP contribution in [0.3, 0.4) is 0 Å². The molecule has 3 amide bonds. The molecule has 0 atom stereocenters. The molecule has 0 saturated carbocycles. The Morgan fingerprint density at radius 2 is 2.27 bits per heavy atom. The first-order valence-electron chi connectivity index (χ1n) is 3.15. The summed E-state index contributed by atoms with van der Waals surface area (Å²) in [6, 6.07) is -0.299. The van der Waals surface area contributed by atoms with Crippen LogP contribution in [0.15, 0.2) is 11.3 Å². The molecule has 1 heterocycles. The lowest BCUT2D eigenvalue weighted by Gasteiger charge is -2.17. The maximum atomic E-state index is 10.6. The molecular formula is C6H9N3O2. The minimum Gasteiger partial charge on any atom is -0.366 e. The standard InChI is InChI=1S/C6H9N3O2/c1-3-4(5(7)10)2-8-6(11)9-3/h2H2,1H3,(H2,7,10)(H2,8,9,11). The third kappa shape index (κ3) is 1.49. The fourth-order valence-electron chi connectivity index (χ4n) is 0.863. The van der Waals surface area contributed by atoms with Gasteiger partial charge in [0, 0.05) is 5.70 Å². The molecule has 1 aliphatic rings. The molecule has 0 aromatic rings. The van der Waals surface area contributed by atoms with Crippen LogP contribution in [-0.4, -0.2) is 18.5 Å². The lowest BCUT2D eigenvalue weighted by Crippen LogP contribution is -2.43. The second-order valence-corrected chi connectivity index (χ2v) is 2.28. The molecule has 0 aliphatic carbocycles. The Kier molecular flexibility index (Phi) is 1.80. The summed E-state index contributed by atoms with van der Waals surface area (Å²) in [7, 11) is 0. The van der Waals surface area contributed by atoms with Crippen molar-refractivity contribution in [3.8, 4) is 0 Å². The van der Waals surface area contributed by atoms with Crippen LogP contribution in [0.4, 0.5) is 4.79 Å². The van der Waals surface area contributed by atoms with E-state index in [1.807, 2.05) is 0 Å². The zero-order valence-electron chi connectivity index (χ0n) is 6.10. The van der Waals surface area contributed by atoms with Gasteiger partial charge < -0.3 is 16.4 Å². The summed E-state index contributed by atoms with van der Waals surface area (Å²) in [4.78, 5) is 21.3. The number of hydrogen-bond donors (Lipinski definition) is 3. The van der Waals surface area contributed by atoms with Crippen molar-refractivity contribution in [2.24, 2.45) is 5.73 Å². The number of carbonyl (C=O) groups excluding carboxylic acids is 2. The van der Waals surface area contributed by atoms with Gasteiger partial charge in [-0.05, 0) is 6.92 Å². The molecule has 0 fully saturated rings. The van der Waals surface area contributed by atoms with Gasteiger partial charge in [0.15, 0.2) is 0 Å². The number of rotatable bonds is 1. The Balaban J connectivity index is 2.86. The first kappa shape index (κ1) is 7.59. The Morgan fingerprint density at radius 3 is 2.73 bits per heavy atom. The largest absolute Gasteiger partial charge is 0.366 e. The molecule has 0 spiro atoms.